The van der Waals surface area contributed by atoms with Crippen LogP contribution in [0.5, 0.6) is 0 Å². The fourth-order valence-electron chi connectivity index (χ4n) is 6.18. The van der Waals surface area contributed by atoms with E-state index in [1.54, 1.807) is 16.8 Å². The maximum Gasteiger partial charge on any atom is 0.245 e. The number of hydrogen-bond acceptors (Lipinski definition) is 6. The Kier molecular flexibility index (Phi) is 11.5. The van der Waals surface area contributed by atoms with E-state index >= 15 is 0 Å². The molecule has 0 bridgehead atoms. The molecule has 10 nitrogen and oxygen atoms in total. The Morgan fingerprint density at radius 3 is 1.90 bits per heavy atom. The smallest absolute Gasteiger partial charge is 0.245 e. The highest BCUT2D eigenvalue weighted by molar-refractivity contribution is 5.94. The van der Waals surface area contributed by atoms with Crippen molar-refractivity contribution in [2.24, 2.45) is 23.7 Å². The van der Waals surface area contributed by atoms with Crippen molar-refractivity contribution < 1.29 is 24.0 Å². The first-order valence-corrected chi connectivity index (χ1v) is 14.4. The lowest BCUT2D eigenvalue weighted by Gasteiger charge is -2.37. The average Bonchev–Trinajstić information content (AvgIpc) is 3.51. The van der Waals surface area contributed by atoms with Crippen LogP contribution in [0, 0.1) is 23.7 Å². The van der Waals surface area contributed by atoms with Crippen molar-refractivity contribution in [3.63, 3.8) is 0 Å². The highest BCUT2D eigenvalue weighted by atomic mass is 16.2. The molecule has 10 heteroatoms. The van der Waals surface area contributed by atoms with Gasteiger partial charge in [-0.25, -0.2) is 0 Å². The van der Waals surface area contributed by atoms with Crippen LogP contribution in [0.2, 0.25) is 0 Å². The molecule has 5 unspecified atom stereocenters. The Balaban J connectivity index is 2.16. The zero-order valence-electron chi connectivity index (χ0n) is 25.7. The number of amides is 4. The summed E-state index contributed by atoms with van der Waals surface area (Å²) in [7, 11) is 5.31. The summed E-state index contributed by atoms with van der Waals surface area (Å²) in [6.07, 6.45) is 2.05. The lowest BCUT2D eigenvalue weighted by atomic mass is 9.96. The van der Waals surface area contributed by atoms with Crippen molar-refractivity contribution in [1.29, 1.82) is 0 Å². The molecule has 2 aliphatic rings. The first kappa shape index (κ1) is 32.7. The Bertz CT molecular complexity index is 910. The molecule has 1 N–H and O–H groups in total. The van der Waals surface area contributed by atoms with E-state index in [-0.39, 0.29) is 71.7 Å². The number of hydrogen-bond donors (Lipinski definition) is 1. The zero-order valence-corrected chi connectivity index (χ0v) is 25.7. The maximum absolute atomic E-state index is 13.8. The fourth-order valence-corrected chi connectivity index (χ4v) is 6.18. The van der Waals surface area contributed by atoms with Crippen molar-refractivity contribution >= 4 is 29.4 Å². The topological polar surface area (TPSA) is 110 Å². The number of likely N-dealkylation sites (N-methyl/N-ethyl adjacent to an activating group) is 2. The van der Waals surface area contributed by atoms with Crippen LogP contribution in [0.25, 0.3) is 0 Å². The van der Waals surface area contributed by atoms with Crippen molar-refractivity contribution in [2.45, 2.75) is 91.9 Å². The van der Waals surface area contributed by atoms with Crippen molar-refractivity contribution in [3.05, 3.63) is 0 Å². The van der Waals surface area contributed by atoms with Gasteiger partial charge in [0.05, 0.1) is 18.0 Å². The highest BCUT2D eigenvalue weighted by Gasteiger charge is 2.43. The molecule has 2 saturated heterocycles. The van der Waals surface area contributed by atoms with Crippen molar-refractivity contribution in [3.8, 4) is 0 Å². The van der Waals surface area contributed by atoms with Gasteiger partial charge in [-0.05, 0) is 58.0 Å². The predicted molar refractivity (Wildman–Crippen MR) is 151 cm³/mol. The van der Waals surface area contributed by atoms with E-state index in [4.69, 9.17) is 0 Å². The molecule has 4 amide bonds. The van der Waals surface area contributed by atoms with Crippen LogP contribution in [-0.4, -0.2) is 114 Å². The van der Waals surface area contributed by atoms with Crippen LogP contribution in [0.15, 0.2) is 0 Å². The SMILES string of the molecule is CC(=O)C1CCCN1C(=O)C1CCN(C(=O)C(C(C)C)N(C)C(=O)C(NC(=O)C(C(C)C)N(C)C)C(C)C)C1. The lowest BCUT2D eigenvalue weighted by molar-refractivity contribution is -0.148. The molecule has 2 aliphatic heterocycles. The van der Waals surface area contributed by atoms with E-state index in [1.807, 2.05) is 60.5 Å². The van der Waals surface area contributed by atoms with E-state index in [2.05, 4.69) is 5.32 Å². The van der Waals surface area contributed by atoms with Crippen LogP contribution in [0.1, 0.15) is 67.7 Å². The largest absolute Gasteiger partial charge is 0.343 e. The summed E-state index contributed by atoms with van der Waals surface area (Å²) in [4.78, 5) is 72.5. The Labute approximate surface area is 234 Å². The first-order valence-electron chi connectivity index (χ1n) is 14.4. The van der Waals surface area contributed by atoms with Crippen molar-refractivity contribution in [2.75, 3.05) is 40.8 Å². The molecule has 2 rings (SSSR count). The molecule has 0 saturated carbocycles. The van der Waals surface area contributed by atoms with E-state index in [1.165, 1.54) is 11.8 Å². The van der Waals surface area contributed by atoms with Crippen LogP contribution in [0.3, 0.4) is 0 Å². The van der Waals surface area contributed by atoms with Crippen molar-refractivity contribution in [1.82, 2.24) is 24.9 Å². The monoisotopic (exact) mass is 549 g/mol. The van der Waals surface area contributed by atoms with Gasteiger partial charge in [0.2, 0.25) is 23.6 Å². The summed E-state index contributed by atoms with van der Waals surface area (Å²) in [6, 6.07) is -2.25. The number of ketones is 1. The third-order valence-corrected chi connectivity index (χ3v) is 8.19. The van der Waals surface area contributed by atoms with E-state index in [9.17, 15) is 24.0 Å². The van der Waals surface area contributed by atoms with E-state index < -0.39 is 12.1 Å². The second kappa shape index (κ2) is 13.7. The van der Waals surface area contributed by atoms with Gasteiger partial charge < -0.3 is 20.0 Å². The van der Waals surface area contributed by atoms with Gasteiger partial charge in [-0.3, -0.25) is 28.9 Å². The van der Waals surface area contributed by atoms with Crippen LogP contribution in [0.4, 0.5) is 0 Å². The molecule has 2 heterocycles. The van der Waals surface area contributed by atoms with Gasteiger partial charge in [0.15, 0.2) is 5.78 Å². The lowest BCUT2D eigenvalue weighted by Crippen LogP contribution is -2.59. The molecule has 0 aliphatic carbocycles. The Morgan fingerprint density at radius 2 is 1.41 bits per heavy atom. The summed E-state index contributed by atoms with van der Waals surface area (Å²) >= 11 is 0. The number of nitrogens with one attached hydrogen (secondary N) is 1. The molecule has 39 heavy (non-hydrogen) atoms. The first-order chi connectivity index (χ1) is 18.1. The molecule has 0 aromatic heterocycles. The molecule has 222 valence electrons. The number of carbonyl (C=O) groups excluding carboxylic acids is 5. The molecule has 0 spiro atoms. The van der Waals surface area contributed by atoms with Gasteiger partial charge in [-0.1, -0.05) is 41.5 Å². The number of carbonyl (C=O) groups is 5. The number of rotatable bonds is 11. The van der Waals surface area contributed by atoms with Crippen LogP contribution >= 0.6 is 0 Å². The molecule has 0 aromatic rings. The summed E-state index contributed by atoms with van der Waals surface area (Å²) in [5.41, 5.74) is 0. The van der Waals surface area contributed by atoms with Crippen LogP contribution < -0.4 is 5.32 Å². The molecule has 0 aromatic carbocycles. The highest BCUT2D eigenvalue weighted by Crippen LogP contribution is 2.27. The number of nitrogens with zero attached hydrogens (tertiary/aromatic N) is 4. The standard InChI is InChI=1S/C29H51N5O5/c1-17(2)23(30-26(36)24(18(3)4)31(8)9)28(38)32(10)25(19(5)6)29(39)33-15-13-21(16-33)27(37)34-14-11-12-22(34)20(7)35/h17-19,21-25H,11-16H2,1-10H3,(H,30,36). The summed E-state index contributed by atoms with van der Waals surface area (Å²) < 4.78 is 0. The Morgan fingerprint density at radius 1 is 0.821 bits per heavy atom. The summed E-state index contributed by atoms with van der Waals surface area (Å²) in [5.74, 6) is -1.40. The second-order valence-electron chi connectivity index (χ2n) is 12.6. The van der Waals surface area contributed by atoms with E-state index in [0.29, 0.717) is 25.9 Å². The maximum atomic E-state index is 13.8. The Hall–Kier alpha value is -2.49. The molecule has 0 radical (unpaired) electrons. The minimum Gasteiger partial charge on any atom is -0.343 e. The number of Topliss-reactive ketones (excluding diaryl/α,β-unsaturated/α-hetero) is 1. The minimum absolute atomic E-state index is 0.00360. The third-order valence-electron chi connectivity index (χ3n) is 8.19. The van der Waals surface area contributed by atoms with Crippen LogP contribution in [-0.2, 0) is 24.0 Å². The second-order valence-corrected chi connectivity index (χ2v) is 12.6. The molecular weight excluding hydrogens is 498 g/mol. The van der Waals surface area contributed by atoms with Gasteiger partial charge in [-0.15, -0.1) is 0 Å². The summed E-state index contributed by atoms with van der Waals surface area (Å²) in [5, 5.41) is 2.95. The van der Waals surface area contributed by atoms with Gasteiger partial charge in [0.1, 0.15) is 12.1 Å². The zero-order chi connectivity index (χ0) is 29.8. The fraction of sp³-hybridized carbons (Fsp3) is 0.828. The molecular formula is C29H51N5O5. The van der Waals surface area contributed by atoms with Gasteiger partial charge in [-0.2, -0.15) is 0 Å². The van der Waals surface area contributed by atoms with Gasteiger partial charge in [0, 0.05) is 26.7 Å². The van der Waals surface area contributed by atoms with Gasteiger partial charge >= 0.3 is 0 Å². The molecule has 5 atom stereocenters. The molecule has 2 fully saturated rings. The third kappa shape index (κ3) is 7.58. The number of likely N-dealkylation sites (tertiary alicyclic amines) is 2. The minimum atomic E-state index is -0.774. The van der Waals surface area contributed by atoms with E-state index in [0.717, 1.165) is 6.42 Å². The predicted octanol–water partition coefficient (Wildman–Crippen LogP) is 1.62. The van der Waals surface area contributed by atoms with Gasteiger partial charge in [0.25, 0.3) is 0 Å². The normalized spacial score (nSPS) is 22.0. The summed E-state index contributed by atoms with van der Waals surface area (Å²) in [6.45, 7) is 14.3. The quantitative estimate of drug-likeness (QED) is 0.420. The average molecular weight is 550 g/mol.